The maximum atomic E-state index is 12.5. The van der Waals surface area contributed by atoms with Crippen molar-refractivity contribution in [1.29, 1.82) is 0 Å². The minimum absolute atomic E-state index is 0.0375. The molecule has 0 radical (unpaired) electrons. The van der Waals surface area contributed by atoms with Crippen molar-refractivity contribution in [1.82, 2.24) is 5.43 Å². The summed E-state index contributed by atoms with van der Waals surface area (Å²) in [6, 6.07) is 13.1. The Morgan fingerprint density at radius 1 is 1.23 bits per heavy atom. The van der Waals surface area contributed by atoms with Gasteiger partial charge >= 0.3 is 0 Å². The van der Waals surface area contributed by atoms with Gasteiger partial charge in [-0.25, -0.2) is 5.43 Å². The number of carbonyl (C=O) groups excluding carboxylic acids is 1. The van der Waals surface area contributed by atoms with E-state index >= 15 is 0 Å². The van der Waals surface area contributed by atoms with E-state index in [2.05, 4.69) is 17.5 Å². The van der Waals surface area contributed by atoms with Crippen LogP contribution >= 0.6 is 11.6 Å². The molecule has 0 spiro atoms. The molecule has 0 heterocycles. The fraction of sp³-hybridized carbons (Fsp3) is 0.417. The van der Waals surface area contributed by atoms with E-state index in [1.165, 1.54) is 12.8 Å². The van der Waals surface area contributed by atoms with Crippen molar-refractivity contribution in [3.63, 3.8) is 0 Å². The zero-order valence-corrected chi connectivity index (χ0v) is 18.1. The number of benzene rings is 2. The largest absolute Gasteiger partial charge is 0.493 e. The van der Waals surface area contributed by atoms with Gasteiger partial charge in [0.15, 0.2) is 11.5 Å². The van der Waals surface area contributed by atoms with Crippen molar-refractivity contribution in [2.24, 2.45) is 22.4 Å². The second-order valence-electron chi connectivity index (χ2n) is 8.40. The van der Waals surface area contributed by atoms with Crippen LogP contribution in [0.3, 0.4) is 0 Å². The third kappa shape index (κ3) is 4.31. The van der Waals surface area contributed by atoms with Gasteiger partial charge in [0.2, 0.25) is 5.91 Å². The number of halogens is 1. The molecule has 0 saturated heterocycles. The number of rotatable bonds is 7. The van der Waals surface area contributed by atoms with Crippen molar-refractivity contribution in [3.05, 3.63) is 58.6 Å². The summed E-state index contributed by atoms with van der Waals surface area (Å²) < 4.78 is 11.3. The normalized spacial score (nSPS) is 24.9. The zero-order chi connectivity index (χ0) is 21.1. The molecule has 2 saturated carbocycles. The van der Waals surface area contributed by atoms with Crippen LogP contribution < -0.4 is 14.9 Å². The van der Waals surface area contributed by atoms with Crippen LogP contribution in [0.4, 0.5) is 0 Å². The van der Waals surface area contributed by atoms with Gasteiger partial charge in [0.25, 0.3) is 0 Å². The van der Waals surface area contributed by atoms with Crippen LogP contribution in [0.1, 0.15) is 43.7 Å². The highest BCUT2D eigenvalue weighted by atomic mass is 35.5. The van der Waals surface area contributed by atoms with Gasteiger partial charge in [-0.05, 0) is 65.6 Å². The summed E-state index contributed by atoms with van der Waals surface area (Å²) in [5, 5.41) is 4.86. The van der Waals surface area contributed by atoms with Gasteiger partial charge in [-0.1, -0.05) is 43.5 Å². The van der Waals surface area contributed by atoms with Crippen molar-refractivity contribution < 1.29 is 14.3 Å². The molecule has 0 aromatic heterocycles. The molecule has 2 aromatic rings. The summed E-state index contributed by atoms with van der Waals surface area (Å²) >= 11 is 5.91. The molecule has 5 nitrogen and oxygen atoms in total. The van der Waals surface area contributed by atoms with Crippen molar-refractivity contribution in [2.45, 2.75) is 39.2 Å². The molecule has 1 N–H and O–H groups in total. The average Bonchev–Trinajstić information content (AvgIpc) is 3.39. The fourth-order valence-electron chi connectivity index (χ4n) is 4.72. The number of amides is 1. The van der Waals surface area contributed by atoms with Gasteiger partial charge in [-0.2, -0.15) is 5.10 Å². The molecule has 30 heavy (non-hydrogen) atoms. The van der Waals surface area contributed by atoms with E-state index in [9.17, 15) is 4.79 Å². The van der Waals surface area contributed by atoms with Crippen LogP contribution in [0.2, 0.25) is 5.02 Å². The number of carbonyl (C=O) groups is 1. The van der Waals surface area contributed by atoms with E-state index in [1.807, 2.05) is 42.5 Å². The van der Waals surface area contributed by atoms with Crippen molar-refractivity contribution >= 4 is 23.7 Å². The molecule has 158 valence electrons. The number of hydrazone groups is 1. The van der Waals surface area contributed by atoms with E-state index in [1.54, 1.807) is 13.3 Å². The lowest BCUT2D eigenvalue weighted by Crippen LogP contribution is -2.22. The molecule has 3 atom stereocenters. The Bertz CT molecular complexity index is 944. The van der Waals surface area contributed by atoms with Gasteiger partial charge < -0.3 is 9.47 Å². The SMILES string of the molecule is COc1cc(/C=N\NC(=O)[C@H]2[C@@H]3CCCC[C@@]32C)ccc1OCc1ccc(Cl)cc1. The Morgan fingerprint density at radius 2 is 2.03 bits per heavy atom. The van der Waals surface area contributed by atoms with Crippen LogP contribution in [0.25, 0.3) is 0 Å². The van der Waals surface area contributed by atoms with Crippen LogP contribution in [0.15, 0.2) is 47.6 Å². The average molecular weight is 427 g/mol. The molecule has 1 amide bonds. The number of nitrogens with one attached hydrogen (secondary N) is 1. The Hall–Kier alpha value is -2.53. The summed E-state index contributed by atoms with van der Waals surface area (Å²) in [5.41, 5.74) is 4.75. The van der Waals surface area contributed by atoms with E-state index in [4.69, 9.17) is 21.1 Å². The molecule has 0 bridgehead atoms. The topological polar surface area (TPSA) is 59.9 Å². The first-order valence-corrected chi connectivity index (χ1v) is 10.8. The predicted octanol–water partition coefficient (Wildman–Crippen LogP) is 5.20. The first-order chi connectivity index (χ1) is 14.5. The monoisotopic (exact) mass is 426 g/mol. The molecular formula is C24H27ClN2O3. The van der Waals surface area contributed by atoms with Crippen LogP contribution in [-0.2, 0) is 11.4 Å². The first-order valence-electron chi connectivity index (χ1n) is 10.4. The van der Waals surface area contributed by atoms with Gasteiger partial charge in [0.1, 0.15) is 6.61 Å². The number of hydrogen-bond acceptors (Lipinski definition) is 4. The first kappa shape index (κ1) is 20.7. The van der Waals surface area contributed by atoms with Gasteiger partial charge in [0.05, 0.1) is 13.3 Å². The lowest BCUT2D eigenvalue weighted by atomic mass is 9.90. The summed E-state index contributed by atoms with van der Waals surface area (Å²) in [6.45, 7) is 2.65. The van der Waals surface area contributed by atoms with E-state index in [0.717, 1.165) is 24.0 Å². The van der Waals surface area contributed by atoms with Gasteiger partial charge in [-0.15, -0.1) is 0 Å². The summed E-state index contributed by atoms with van der Waals surface area (Å²) in [4.78, 5) is 12.5. The Balaban J connectivity index is 1.34. The maximum absolute atomic E-state index is 12.5. The minimum Gasteiger partial charge on any atom is -0.493 e. The summed E-state index contributed by atoms with van der Waals surface area (Å²) in [7, 11) is 1.60. The number of ether oxygens (including phenoxy) is 2. The van der Waals surface area contributed by atoms with E-state index < -0.39 is 0 Å². The Kier molecular flexibility index (Phi) is 6.00. The highest BCUT2D eigenvalue weighted by molar-refractivity contribution is 6.30. The molecule has 6 heteroatoms. The summed E-state index contributed by atoms with van der Waals surface area (Å²) in [5.74, 6) is 1.92. The number of methoxy groups -OCH3 is 1. The quantitative estimate of drug-likeness (QED) is 0.488. The molecule has 2 aromatic carbocycles. The maximum Gasteiger partial charge on any atom is 0.244 e. The smallest absolute Gasteiger partial charge is 0.244 e. The van der Waals surface area contributed by atoms with Crippen LogP contribution in [0.5, 0.6) is 11.5 Å². The third-order valence-electron chi connectivity index (χ3n) is 6.50. The van der Waals surface area contributed by atoms with Gasteiger partial charge in [0, 0.05) is 10.9 Å². The number of nitrogens with zero attached hydrogens (tertiary/aromatic N) is 1. The van der Waals surface area contributed by atoms with Crippen LogP contribution in [0, 0.1) is 17.3 Å². The lowest BCUT2D eigenvalue weighted by molar-refractivity contribution is -0.123. The van der Waals surface area contributed by atoms with Crippen LogP contribution in [-0.4, -0.2) is 19.2 Å². The second-order valence-corrected chi connectivity index (χ2v) is 8.83. The van der Waals surface area contributed by atoms with E-state index in [-0.39, 0.29) is 17.2 Å². The minimum atomic E-state index is 0.0375. The molecule has 0 aliphatic heterocycles. The Labute approximate surface area is 182 Å². The highest BCUT2D eigenvalue weighted by Gasteiger charge is 2.64. The molecule has 2 aliphatic carbocycles. The number of hydrogen-bond donors (Lipinski definition) is 1. The second kappa shape index (κ2) is 8.68. The van der Waals surface area contributed by atoms with Gasteiger partial charge in [-0.3, -0.25) is 4.79 Å². The van der Waals surface area contributed by atoms with E-state index in [0.29, 0.717) is 29.0 Å². The molecule has 2 fully saturated rings. The lowest BCUT2D eigenvalue weighted by Gasteiger charge is -2.15. The van der Waals surface area contributed by atoms with Crippen molar-refractivity contribution in [2.75, 3.05) is 7.11 Å². The third-order valence-corrected chi connectivity index (χ3v) is 6.75. The number of fused-ring (bicyclic) bond motifs is 1. The van der Waals surface area contributed by atoms with Crippen molar-refractivity contribution in [3.8, 4) is 11.5 Å². The standard InChI is InChI=1S/C24H27ClN2O3/c1-24-12-4-3-5-19(24)22(24)23(28)27-26-14-17-8-11-20(21(13-17)29-2)30-15-16-6-9-18(25)10-7-16/h6-11,13-14,19,22H,3-5,12,15H2,1-2H3,(H,27,28)/b26-14-/t19-,22+,24-/m0/s1. The molecule has 0 unspecified atom stereocenters. The highest BCUT2D eigenvalue weighted by Crippen LogP contribution is 2.66. The molecule has 2 aliphatic rings. The summed E-state index contributed by atoms with van der Waals surface area (Å²) in [6.07, 6.45) is 6.41. The zero-order valence-electron chi connectivity index (χ0n) is 17.4. The fourth-order valence-corrected chi connectivity index (χ4v) is 4.84. The predicted molar refractivity (Wildman–Crippen MR) is 118 cm³/mol. The molecular weight excluding hydrogens is 400 g/mol. The Morgan fingerprint density at radius 3 is 2.73 bits per heavy atom. The molecule has 4 rings (SSSR count).